The van der Waals surface area contributed by atoms with Gasteiger partial charge in [-0.1, -0.05) is 59.8 Å². The van der Waals surface area contributed by atoms with E-state index in [-0.39, 0.29) is 12.6 Å². The van der Waals surface area contributed by atoms with Crippen molar-refractivity contribution in [2.75, 3.05) is 12.4 Å². The van der Waals surface area contributed by atoms with Crippen LogP contribution in [0, 0.1) is 20.8 Å². The summed E-state index contributed by atoms with van der Waals surface area (Å²) in [7, 11) is 1.65. The molecule has 0 aliphatic heterocycles. The third kappa shape index (κ3) is 6.01. The molecule has 4 aromatic rings. The average molecular weight is 522 g/mol. The number of ether oxygens (including phenoxy) is 1. The predicted molar refractivity (Wildman–Crippen MR) is 145 cm³/mol. The van der Waals surface area contributed by atoms with E-state index in [0.29, 0.717) is 21.8 Å². The number of anilines is 1. The van der Waals surface area contributed by atoms with Crippen LogP contribution in [0.4, 0.5) is 10.5 Å². The smallest absolute Gasteiger partial charge is 0.319 e. The molecule has 9 heteroatoms. The summed E-state index contributed by atoms with van der Waals surface area (Å²) in [5, 5.41) is 16.0. The molecule has 0 aliphatic carbocycles. The van der Waals surface area contributed by atoms with Gasteiger partial charge in [-0.05, 0) is 67.3 Å². The molecule has 2 amide bonds. The van der Waals surface area contributed by atoms with Crippen LogP contribution in [0.15, 0.2) is 65.8 Å². The molecular formula is C27H28ClN5O2S. The van der Waals surface area contributed by atoms with Crippen molar-refractivity contribution in [1.29, 1.82) is 0 Å². The Bertz CT molecular complexity index is 1370. The van der Waals surface area contributed by atoms with E-state index < -0.39 is 0 Å². The number of aryl methyl sites for hydroxylation is 3. The minimum absolute atomic E-state index is 0.190. The molecule has 0 saturated heterocycles. The molecule has 7 nitrogen and oxygen atoms in total. The van der Waals surface area contributed by atoms with Crippen LogP contribution in [-0.4, -0.2) is 27.9 Å². The van der Waals surface area contributed by atoms with Crippen molar-refractivity contribution in [3.05, 3.63) is 93.8 Å². The van der Waals surface area contributed by atoms with E-state index in [4.69, 9.17) is 16.3 Å². The third-order valence-electron chi connectivity index (χ3n) is 5.74. The van der Waals surface area contributed by atoms with Crippen LogP contribution in [0.2, 0.25) is 5.02 Å². The number of halogens is 1. The van der Waals surface area contributed by atoms with Gasteiger partial charge in [0.05, 0.1) is 19.3 Å². The number of benzene rings is 3. The van der Waals surface area contributed by atoms with Crippen LogP contribution in [0.25, 0.3) is 5.69 Å². The zero-order valence-corrected chi connectivity index (χ0v) is 22.2. The number of methoxy groups -OCH3 is 1. The van der Waals surface area contributed by atoms with Gasteiger partial charge in [-0.25, -0.2) is 4.79 Å². The Labute approximate surface area is 220 Å². The Hall–Kier alpha value is -3.49. The first-order valence-electron chi connectivity index (χ1n) is 11.4. The van der Waals surface area contributed by atoms with E-state index in [1.807, 2.05) is 86.0 Å². The number of hydrogen-bond donors (Lipinski definition) is 2. The fraction of sp³-hybridized carbons (Fsp3) is 0.222. The first-order valence-corrected chi connectivity index (χ1v) is 12.8. The van der Waals surface area contributed by atoms with Crippen LogP contribution in [-0.2, 0) is 12.3 Å². The van der Waals surface area contributed by atoms with Crippen LogP contribution in [0.3, 0.4) is 0 Å². The molecule has 0 fully saturated rings. The zero-order valence-electron chi connectivity index (χ0n) is 20.6. The highest BCUT2D eigenvalue weighted by molar-refractivity contribution is 7.98. The Kier molecular flexibility index (Phi) is 8.18. The normalized spacial score (nSPS) is 10.8. The number of para-hydroxylation sites is 1. The topological polar surface area (TPSA) is 81.1 Å². The van der Waals surface area contributed by atoms with Crippen LogP contribution in [0.1, 0.15) is 28.1 Å². The van der Waals surface area contributed by atoms with Gasteiger partial charge < -0.3 is 15.4 Å². The molecule has 0 saturated carbocycles. The molecule has 36 heavy (non-hydrogen) atoms. The number of thioether (sulfide) groups is 1. The third-order valence-corrected chi connectivity index (χ3v) is 6.98. The largest absolute Gasteiger partial charge is 0.497 e. The molecule has 0 radical (unpaired) electrons. The van der Waals surface area contributed by atoms with E-state index >= 15 is 0 Å². The second-order valence-electron chi connectivity index (χ2n) is 8.38. The van der Waals surface area contributed by atoms with Crippen molar-refractivity contribution in [3.63, 3.8) is 0 Å². The lowest BCUT2D eigenvalue weighted by Crippen LogP contribution is -2.30. The van der Waals surface area contributed by atoms with Gasteiger partial charge in [0.1, 0.15) is 5.75 Å². The molecule has 0 spiro atoms. The summed E-state index contributed by atoms with van der Waals surface area (Å²) in [6, 6.07) is 19.2. The summed E-state index contributed by atoms with van der Waals surface area (Å²) < 4.78 is 7.29. The number of nitrogens with zero attached hydrogens (tertiary/aromatic N) is 3. The molecule has 2 N–H and O–H groups in total. The van der Waals surface area contributed by atoms with Crippen molar-refractivity contribution in [2.24, 2.45) is 0 Å². The Morgan fingerprint density at radius 3 is 2.50 bits per heavy atom. The van der Waals surface area contributed by atoms with E-state index in [1.165, 1.54) is 0 Å². The lowest BCUT2D eigenvalue weighted by atomic mass is 10.1. The molecule has 0 bridgehead atoms. The Morgan fingerprint density at radius 1 is 1.00 bits per heavy atom. The predicted octanol–water partition coefficient (Wildman–Crippen LogP) is 6.47. The molecule has 1 aromatic heterocycles. The standard InChI is InChI=1S/C27H28ClN5O2S/c1-17-11-12-21(28)14-23(17)33-24(15-29-26(34)30-25-18(2)7-5-8-19(25)3)31-32-27(33)36-16-20-9-6-10-22(13-20)35-4/h5-14H,15-16H2,1-4H3,(H2,29,30,34). The highest BCUT2D eigenvalue weighted by atomic mass is 35.5. The molecule has 0 unspecified atom stereocenters. The summed E-state index contributed by atoms with van der Waals surface area (Å²) in [4.78, 5) is 12.7. The number of hydrogen-bond acceptors (Lipinski definition) is 5. The van der Waals surface area contributed by atoms with Gasteiger partial charge in [-0.15, -0.1) is 10.2 Å². The van der Waals surface area contributed by atoms with E-state index in [1.54, 1.807) is 18.9 Å². The number of nitrogens with one attached hydrogen (secondary N) is 2. The summed E-state index contributed by atoms with van der Waals surface area (Å²) in [5.74, 6) is 2.08. The highest BCUT2D eigenvalue weighted by Crippen LogP contribution is 2.29. The van der Waals surface area contributed by atoms with Crippen molar-refractivity contribution < 1.29 is 9.53 Å². The summed E-state index contributed by atoms with van der Waals surface area (Å²) in [5.41, 5.74) is 5.79. The van der Waals surface area contributed by atoms with Crippen molar-refractivity contribution >= 4 is 35.1 Å². The van der Waals surface area contributed by atoms with E-state index in [2.05, 4.69) is 20.8 Å². The van der Waals surface area contributed by atoms with Gasteiger partial charge in [0.2, 0.25) is 0 Å². The number of amides is 2. The number of urea groups is 1. The Balaban J connectivity index is 1.57. The molecule has 186 valence electrons. The number of carbonyl (C=O) groups is 1. The molecule has 3 aromatic carbocycles. The maximum absolute atomic E-state index is 12.7. The molecule has 1 heterocycles. The van der Waals surface area contributed by atoms with Gasteiger partial charge in [0.15, 0.2) is 11.0 Å². The zero-order chi connectivity index (χ0) is 25.7. The van der Waals surface area contributed by atoms with Crippen LogP contribution < -0.4 is 15.4 Å². The van der Waals surface area contributed by atoms with Gasteiger partial charge in [0.25, 0.3) is 0 Å². The SMILES string of the molecule is COc1cccc(CSc2nnc(CNC(=O)Nc3c(C)cccc3C)n2-c2cc(Cl)ccc2C)c1. The van der Waals surface area contributed by atoms with Crippen molar-refractivity contribution in [2.45, 2.75) is 38.2 Å². The first kappa shape index (κ1) is 25.6. The van der Waals surface area contributed by atoms with Gasteiger partial charge in [0, 0.05) is 16.5 Å². The minimum Gasteiger partial charge on any atom is -0.497 e. The summed E-state index contributed by atoms with van der Waals surface area (Å²) in [6.07, 6.45) is 0. The number of aromatic nitrogens is 3. The van der Waals surface area contributed by atoms with Gasteiger partial charge >= 0.3 is 6.03 Å². The summed E-state index contributed by atoms with van der Waals surface area (Å²) in [6.45, 7) is 6.13. The minimum atomic E-state index is -0.310. The fourth-order valence-corrected chi connectivity index (χ4v) is 4.89. The molecule has 4 rings (SSSR count). The Morgan fingerprint density at radius 2 is 1.75 bits per heavy atom. The quantitative estimate of drug-likeness (QED) is 0.260. The van der Waals surface area contributed by atoms with E-state index in [0.717, 1.165) is 39.4 Å². The van der Waals surface area contributed by atoms with Crippen molar-refractivity contribution in [1.82, 2.24) is 20.1 Å². The number of rotatable bonds is 8. The highest BCUT2D eigenvalue weighted by Gasteiger charge is 2.18. The number of carbonyl (C=O) groups excluding carboxylic acids is 1. The van der Waals surface area contributed by atoms with Gasteiger partial charge in [-0.2, -0.15) is 0 Å². The maximum Gasteiger partial charge on any atom is 0.319 e. The second kappa shape index (κ2) is 11.5. The van der Waals surface area contributed by atoms with Crippen LogP contribution >= 0.6 is 23.4 Å². The lowest BCUT2D eigenvalue weighted by molar-refractivity contribution is 0.251. The molecule has 0 aliphatic rings. The molecular weight excluding hydrogens is 494 g/mol. The average Bonchev–Trinajstić information content (AvgIpc) is 3.28. The summed E-state index contributed by atoms with van der Waals surface area (Å²) >= 11 is 7.89. The first-order chi connectivity index (χ1) is 17.4. The fourth-order valence-electron chi connectivity index (χ4n) is 3.81. The lowest BCUT2D eigenvalue weighted by Gasteiger charge is -2.15. The monoisotopic (exact) mass is 521 g/mol. The van der Waals surface area contributed by atoms with Gasteiger partial charge in [-0.3, -0.25) is 4.57 Å². The van der Waals surface area contributed by atoms with E-state index in [9.17, 15) is 4.79 Å². The molecule has 0 atom stereocenters. The van der Waals surface area contributed by atoms with Crippen molar-refractivity contribution in [3.8, 4) is 11.4 Å². The maximum atomic E-state index is 12.7. The second-order valence-corrected chi connectivity index (χ2v) is 9.76. The van der Waals surface area contributed by atoms with Crippen LogP contribution in [0.5, 0.6) is 5.75 Å².